The molecule has 2 atom stereocenters. The van der Waals surface area contributed by atoms with Gasteiger partial charge in [0.15, 0.2) is 0 Å². The fourth-order valence-corrected chi connectivity index (χ4v) is 3.25. The van der Waals surface area contributed by atoms with Crippen molar-refractivity contribution in [2.24, 2.45) is 5.92 Å². The smallest absolute Gasteiger partial charge is 0.410 e. The number of rotatable bonds is 1. The van der Waals surface area contributed by atoms with E-state index in [1.54, 1.807) is 4.90 Å². The van der Waals surface area contributed by atoms with Gasteiger partial charge in [-0.2, -0.15) is 0 Å². The molecule has 132 valence electrons. The molecule has 0 aliphatic carbocycles. The van der Waals surface area contributed by atoms with Crippen LogP contribution >= 0.6 is 0 Å². The van der Waals surface area contributed by atoms with Gasteiger partial charge in [0.05, 0.1) is 12.2 Å². The van der Waals surface area contributed by atoms with E-state index in [-0.39, 0.29) is 30.1 Å². The number of piperidine rings is 1. The molecule has 2 aliphatic rings. The minimum absolute atomic E-state index is 0.00573. The molecule has 0 bridgehead atoms. The Morgan fingerprint density at radius 3 is 2.00 bits per heavy atom. The van der Waals surface area contributed by atoms with Gasteiger partial charge in [0.1, 0.15) is 5.60 Å². The predicted molar refractivity (Wildman–Crippen MR) is 87.1 cm³/mol. The zero-order chi connectivity index (χ0) is 17.2. The van der Waals surface area contributed by atoms with Crippen LogP contribution in [0.1, 0.15) is 47.5 Å². The molecular formula is C17H30N2O4. The molecule has 2 saturated heterocycles. The van der Waals surface area contributed by atoms with Crippen LogP contribution in [0.4, 0.5) is 4.79 Å². The third-order valence-electron chi connectivity index (χ3n) is 4.23. The van der Waals surface area contributed by atoms with E-state index in [0.717, 1.165) is 0 Å². The predicted octanol–water partition coefficient (Wildman–Crippen LogP) is 2.27. The molecule has 23 heavy (non-hydrogen) atoms. The summed E-state index contributed by atoms with van der Waals surface area (Å²) < 4.78 is 11.1. The Kier molecular flexibility index (Phi) is 5.55. The Balaban J connectivity index is 1.84. The SMILES string of the molecule is CC1CN(C(=O)C2CCN(C(=O)OC(C)(C)C)CC2)CC(C)O1. The summed E-state index contributed by atoms with van der Waals surface area (Å²) in [6, 6.07) is 0. The monoisotopic (exact) mass is 326 g/mol. The first kappa shape index (κ1) is 18.0. The molecule has 2 heterocycles. The van der Waals surface area contributed by atoms with Gasteiger partial charge >= 0.3 is 6.09 Å². The van der Waals surface area contributed by atoms with E-state index in [0.29, 0.717) is 39.0 Å². The maximum Gasteiger partial charge on any atom is 0.410 e. The lowest BCUT2D eigenvalue weighted by Crippen LogP contribution is -2.52. The van der Waals surface area contributed by atoms with Crippen LogP contribution < -0.4 is 0 Å². The summed E-state index contributed by atoms with van der Waals surface area (Å²) in [5, 5.41) is 0. The molecular weight excluding hydrogens is 296 g/mol. The number of carbonyl (C=O) groups is 2. The average Bonchev–Trinajstić information content (AvgIpc) is 2.44. The highest BCUT2D eigenvalue weighted by molar-refractivity contribution is 5.79. The van der Waals surface area contributed by atoms with E-state index in [2.05, 4.69) is 0 Å². The van der Waals surface area contributed by atoms with Crippen molar-refractivity contribution in [2.45, 2.75) is 65.3 Å². The van der Waals surface area contributed by atoms with E-state index in [1.807, 2.05) is 39.5 Å². The Labute approximate surface area is 139 Å². The number of carbonyl (C=O) groups excluding carboxylic acids is 2. The van der Waals surface area contributed by atoms with Crippen LogP contribution in [-0.4, -0.2) is 65.8 Å². The number of hydrogen-bond donors (Lipinski definition) is 0. The maximum absolute atomic E-state index is 12.7. The van der Waals surface area contributed by atoms with E-state index < -0.39 is 5.60 Å². The molecule has 0 saturated carbocycles. The van der Waals surface area contributed by atoms with Crippen LogP contribution in [0.15, 0.2) is 0 Å². The van der Waals surface area contributed by atoms with Crippen molar-refractivity contribution in [1.82, 2.24) is 9.80 Å². The van der Waals surface area contributed by atoms with Gasteiger partial charge in [0.2, 0.25) is 5.91 Å². The summed E-state index contributed by atoms with van der Waals surface area (Å²) in [6.45, 7) is 12.1. The van der Waals surface area contributed by atoms with Gasteiger partial charge in [0, 0.05) is 32.1 Å². The molecule has 2 amide bonds. The molecule has 6 nitrogen and oxygen atoms in total. The Hall–Kier alpha value is -1.30. The average molecular weight is 326 g/mol. The van der Waals surface area contributed by atoms with Crippen LogP contribution in [-0.2, 0) is 14.3 Å². The van der Waals surface area contributed by atoms with Gasteiger partial charge in [-0.1, -0.05) is 0 Å². The first-order chi connectivity index (χ1) is 10.7. The molecule has 6 heteroatoms. The van der Waals surface area contributed by atoms with Crippen molar-refractivity contribution in [3.05, 3.63) is 0 Å². The second kappa shape index (κ2) is 7.07. The lowest BCUT2D eigenvalue weighted by Gasteiger charge is -2.39. The van der Waals surface area contributed by atoms with E-state index in [1.165, 1.54) is 0 Å². The van der Waals surface area contributed by atoms with Crippen molar-refractivity contribution < 1.29 is 19.1 Å². The molecule has 0 N–H and O–H groups in total. The highest BCUT2D eigenvalue weighted by Crippen LogP contribution is 2.23. The Bertz CT molecular complexity index is 428. The zero-order valence-electron chi connectivity index (χ0n) is 15.0. The largest absolute Gasteiger partial charge is 0.444 e. The van der Waals surface area contributed by atoms with Crippen LogP contribution in [0.3, 0.4) is 0 Å². The van der Waals surface area contributed by atoms with Gasteiger partial charge < -0.3 is 19.3 Å². The molecule has 0 spiro atoms. The molecule has 0 aromatic rings. The molecule has 0 aromatic carbocycles. The van der Waals surface area contributed by atoms with Crippen LogP contribution in [0.25, 0.3) is 0 Å². The van der Waals surface area contributed by atoms with Gasteiger partial charge in [-0.25, -0.2) is 4.79 Å². The summed E-state index contributed by atoms with van der Waals surface area (Å²) in [5.74, 6) is 0.210. The van der Waals surface area contributed by atoms with Gasteiger partial charge in [-0.3, -0.25) is 4.79 Å². The number of ether oxygens (including phenoxy) is 2. The minimum Gasteiger partial charge on any atom is -0.444 e. The van der Waals surface area contributed by atoms with Crippen molar-refractivity contribution in [2.75, 3.05) is 26.2 Å². The second-order valence-corrected chi connectivity index (χ2v) is 7.74. The molecule has 2 rings (SSSR count). The number of nitrogens with zero attached hydrogens (tertiary/aromatic N) is 2. The topological polar surface area (TPSA) is 59.1 Å². The number of hydrogen-bond acceptors (Lipinski definition) is 4. The number of likely N-dealkylation sites (tertiary alicyclic amines) is 1. The van der Waals surface area contributed by atoms with Crippen molar-refractivity contribution >= 4 is 12.0 Å². The molecule has 2 unspecified atom stereocenters. The molecule has 2 fully saturated rings. The molecule has 0 radical (unpaired) electrons. The zero-order valence-corrected chi connectivity index (χ0v) is 15.0. The Morgan fingerprint density at radius 1 is 1.00 bits per heavy atom. The van der Waals surface area contributed by atoms with Crippen molar-refractivity contribution in [1.29, 1.82) is 0 Å². The van der Waals surface area contributed by atoms with Gasteiger partial charge in [0.25, 0.3) is 0 Å². The number of morpholine rings is 1. The second-order valence-electron chi connectivity index (χ2n) is 7.74. The highest BCUT2D eigenvalue weighted by Gasteiger charge is 2.34. The summed E-state index contributed by atoms with van der Waals surface area (Å²) >= 11 is 0. The molecule has 0 aromatic heterocycles. The lowest BCUT2D eigenvalue weighted by atomic mass is 9.95. The lowest BCUT2D eigenvalue weighted by molar-refractivity contribution is -0.148. The highest BCUT2D eigenvalue weighted by atomic mass is 16.6. The quantitative estimate of drug-likeness (QED) is 0.742. The van der Waals surface area contributed by atoms with Gasteiger partial charge in [-0.05, 0) is 47.5 Å². The minimum atomic E-state index is -0.482. The fourth-order valence-electron chi connectivity index (χ4n) is 3.25. The first-order valence-corrected chi connectivity index (χ1v) is 8.58. The summed E-state index contributed by atoms with van der Waals surface area (Å²) in [7, 11) is 0. The summed E-state index contributed by atoms with van der Waals surface area (Å²) in [6.07, 6.45) is 1.31. The number of amides is 2. The van der Waals surface area contributed by atoms with Crippen LogP contribution in [0.2, 0.25) is 0 Å². The maximum atomic E-state index is 12.7. The third kappa shape index (κ3) is 5.09. The molecule has 2 aliphatic heterocycles. The van der Waals surface area contributed by atoms with Crippen LogP contribution in [0, 0.1) is 5.92 Å². The van der Waals surface area contributed by atoms with E-state index >= 15 is 0 Å². The van der Waals surface area contributed by atoms with Crippen LogP contribution in [0.5, 0.6) is 0 Å². The van der Waals surface area contributed by atoms with Gasteiger partial charge in [-0.15, -0.1) is 0 Å². The first-order valence-electron chi connectivity index (χ1n) is 8.58. The van der Waals surface area contributed by atoms with E-state index in [4.69, 9.17) is 9.47 Å². The van der Waals surface area contributed by atoms with Crippen molar-refractivity contribution in [3.8, 4) is 0 Å². The van der Waals surface area contributed by atoms with E-state index in [9.17, 15) is 9.59 Å². The third-order valence-corrected chi connectivity index (χ3v) is 4.23. The summed E-state index contributed by atoms with van der Waals surface area (Å²) in [5.41, 5.74) is -0.482. The standard InChI is InChI=1S/C17H30N2O4/c1-12-10-19(11-13(2)22-12)15(20)14-6-8-18(9-7-14)16(21)23-17(3,4)5/h12-14H,6-11H2,1-5H3. The fraction of sp³-hybridized carbons (Fsp3) is 0.882. The Morgan fingerprint density at radius 2 is 1.52 bits per heavy atom. The normalized spacial score (nSPS) is 27.0. The summed E-state index contributed by atoms with van der Waals surface area (Å²) in [4.78, 5) is 28.4. The van der Waals surface area contributed by atoms with Crippen molar-refractivity contribution in [3.63, 3.8) is 0 Å².